The summed E-state index contributed by atoms with van der Waals surface area (Å²) in [5.41, 5.74) is 1.07. The highest BCUT2D eigenvalue weighted by atomic mass is 32.2. The van der Waals surface area contributed by atoms with Gasteiger partial charge in [-0.15, -0.1) is 21.5 Å². The van der Waals surface area contributed by atoms with Crippen molar-refractivity contribution in [3.05, 3.63) is 46.6 Å². The number of ether oxygens (including phenoxy) is 1. The van der Waals surface area contributed by atoms with E-state index in [1.54, 1.807) is 35.7 Å². The van der Waals surface area contributed by atoms with E-state index < -0.39 is 0 Å². The lowest BCUT2D eigenvalue weighted by molar-refractivity contribution is 0.111. The van der Waals surface area contributed by atoms with Crippen LogP contribution in [0.2, 0.25) is 0 Å². The first-order chi connectivity index (χ1) is 11.4. The first kappa shape index (κ1) is 14.9. The Morgan fingerprint density at radius 1 is 1.43 bits per heavy atom. The first-order valence-electron chi connectivity index (χ1n) is 7.47. The highest BCUT2D eigenvalue weighted by molar-refractivity contribution is 7.98. The van der Waals surface area contributed by atoms with Gasteiger partial charge in [-0.2, -0.15) is 0 Å². The monoisotopic (exact) mass is 348 g/mol. The summed E-state index contributed by atoms with van der Waals surface area (Å²) in [5, 5.41) is 12.2. The van der Waals surface area contributed by atoms with Crippen molar-refractivity contribution < 1.29 is 9.15 Å². The van der Waals surface area contributed by atoms with Crippen LogP contribution < -0.4 is 0 Å². The SMILES string of the molecule is c1coc(Cn2cnnc2SCc2csc([C@@H]3CCCO3)n2)c1. The molecule has 0 aromatic carbocycles. The van der Waals surface area contributed by atoms with Crippen LogP contribution in [0.3, 0.4) is 0 Å². The van der Waals surface area contributed by atoms with Gasteiger partial charge in [0.25, 0.3) is 0 Å². The molecule has 1 aliphatic rings. The normalized spacial score (nSPS) is 17.8. The molecule has 0 unspecified atom stereocenters. The molecule has 0 N–H and O–H groups in total. The van der Waals surface area contributed by atoms with Crippen molar-refractivity contribution in [2.24, 2.45) is 0 Å². The second-order valence-electron chi connectivity index (χ2n) is 5.29. The second-order valence-corrected chi connectivity index (χ2v) is 7.12. The summed E-state index contributed by atoms with van der Waals surface area (Å²) in [6, 6.07) is 3.83. The molecule has 0 amide bonds. The molecule has 1 fully saturated rings. The lowest BCUT2D eigenvalue weighted by Crippen LogP contribution is -1.99. The number of rotatable bonds is 6. The van der Waals surface area contributed by atoms with Gasteiger partial charge in [-0.1, -0.05) is 11.8 Å². The van der Waals surface area contributed by atoms with Gasteiger partial charge in [0, 0.05) is 17.7 Å². The smallest absolute Gasteiger partial charge is 0.191 e. The molecule has 1 aliphatic heterocycles. The molecule has 8 heteroatoms. The molecule has 120 valence electrons. The van der Waals surface area contributed by atoms with Crippen molar-refractivity contribution >= 4 is 23.1 Å². The van der Waals surface area contributed by atoms with Crippen LogP contribution in [0.15, 0.2) is 39.7 Å². The highest BCUT2D eigenvalue weighted by Crippen LogP contribution is 2.32. The Morgan fingerprint density at radius 2 is 2.43 bits per heavy atom. The standard InChI is InChI=1S/C15H16N4O2S2/c1-3-12(20-5-1)7-19-10-16-18-15(19)23-9-11-8-22-14(17-11)13-4-2-6-21-13/h1,3,5,8,10,13H,2,4,6-7,9H2/t13-/m0/s1. The molecule has 6 nitrogen and oxygen atoms in total. The van der Waals surface area contributed by atoms with E-state index in [9.17, 15) is 0 Å². The summed E-state index contributed by atoms with van der Waals surface area (Å²) in [6.45, 7) is 1.49. The van der Waals surface area contributed by atoms with E-state index in [1.165, 1.54) is 0 Å². The zero-order chi connectivity index (χ0) is 15.5. The van der Waals surface area contributed by atoms with Crippen molar-refractivity contribution in [1.29, 1.82) is 0 Å². The summed E-state index contributed by atoms with van der Waals surface area (Å²) >= 11 is 3.32. The Balaban J connectivity index is 1.38. The van der Waals surface area contributed by atoms with E-state index in [1.807, 2.05) is 16.7 Å². The van der Waals surface area contributed by atoms with Gasteiger partial charge in [0.15, 0.2) is 5.16 Å². The summed E-state index contributed by atoms with van der Waals surface area (Å²) in [5.74, 6) is 1.67. The second kappa shape index (κ2) is 6.86. The van der Waals surface area contributed by atoms with Gasteiger partial charge in [0.05, 0.1) is 18.5 Å². The molecule has 4 heterocycles. The number of thioether (sulfide) groups is 1. The fourth-order valence-corrected chi connectivity index (χ4v) is 4.30. The molecule has 1 atom stereocenters. The van der Waals surface area contributed by atoms with Crippen LogP contribution >= 0.6 is 23.1 Å². The van der Waals surface area contributed by atoms with Crippen LogP contribution in [0.1, 0.15) is 35.4 Å². The Hall–Kier alpha value is -1.64. The number of furan rings is 1. The molecule has 0 radical (unpaired) electrons. The van der Waals surface area contributed by atoms with E-state index in [4.69, 9.17) is 14.1 Å². The summed E-state index contributed by atoms with van der Waals surface area (Å²) in [7, 11) is 0. The predicted octanol–water partition coefficient (Wildman–Crippen LogP) is 3.52. The van der Waals surface area contributed by atoms with Gasteiger partial charge in [-0.25, -0.2) is 4.98 Å². The molecule has 3 aromatic rings. The summed E-state index contributed by atoms with van der Waals surface area (Å²) in [4.78, 5) is 4.69. The largest absolute Gasteiger partial charge is 0.467 e. The third-order valence-electron chi connectivity index (χ3n) is 3.61. The van der Waals surface area contributed by atoms with Crippen molar-refractivity contribution in [3.8, 4) is 0 Å². The van der Waals surface area contributed by atoms with E-state index >= 15 is 0 Å². The molecular formula is C15H16N4O2S2. The maximum absolute atomic E-state index is 5.68. The molecule has 3 aromatic heterocycles. The fraction of sp³-hybridized carbons (Fsp3) is 0.400. The van der Waals surface area contributed by atoms with Crippen molar-refractivity contribution in [1.82, 2.24) is 19.7 Å². The van der Waals surface area contributed by atoms with Gasteiger partial charge in [-0.05, 0) is 25.0 Å². The summed E-state index contributed by atoms with van der Waals surface area (Å²) < 4.78 is 13.0. The number of thiazole rings is 1. The first-order valence-corrected chi connectivity index (χ1v) is 9.34. The number of aromatic nitrogens is 4. The number of nitrogens with zero attached hydrogens (tertiary/aromatic N) is 4. The predicted molar refractivity (Wildman–Crippen MR) is 87.4 cm³/mol. The van der Waals surface area contributed by atoms with Crippen molar-refractivity contribution in [2.45, 2.75) is 36.4 Å². The minimum Gasteiger partial charge on any atom is -0.467 e. The molecule has 1 saturated heterocycles. The molecule has 0 aliphatic carbocycles. The third kappa shape index (κ3) is 3.49. The van der Waals surface area contributed by atoms with E-state index in [0.29, 0.717) is 6.54 Å². The van der Waals surface area contributed by atoms with Gasteiger partial charge < -0.3 is 13.7 Å². The van der Waals surface area contributed by atoms with Gasteiger partial charge in [0.2, 0.25) is 0 Å². The highest BCUT2D eigenvalue weighted by Gasteiger charge is 2.21. The van der Waals surface area contributed by atoms with E-state index in [-0.39, 0.29) is 6.10 Å². The van der Waals surface area contributed by atoms with Gasteiger partial charge >= 0.3 is 0 Å². The Morgan fingerprint density at radius 3 is 3.26 bits per heavy atom. The van der Waals surface area contributed by atoms with Crippen LogP contribution in [0.25, 0.3) is 0 Å². The number of hydrogen-bond acceptors (Lipinski definition) is 7. The van der Waals surface area contributed by atoms with Crippen LogP contribution in [-0.4, -0.2) is 26.4 Å². The van der Waals surface area contributed by atoms with Gasteiger partial charge in [0.1, 0.15) is 23.2 Å². The molecule has 4 rings (SSSR count). The average Bonchev–Trinajstić information content (AvgIpc) is 3.34. The Kier molecular flexibility index (Phi) is 4.45. The Bertz CT molecular complexity index is 747. The topological polar surface area (TPSA) is 66.0 Å². The lowest BCUT2D eigenvalue weighted by Gasteiger charge is -2.04. The van der Waals surface area contributed by atoms with E-state index in [2.05, 4.69) is 15.6 Å². The molecule has 0 bridgehead atoms. The summed E-state index contributed by atoms with van der Waals surface area (Å²) in [6.07, 6.45) is 5.81. The van der Waals surface area contributed by atoms with Crippen LogP contribution in [-0.2, 0) is 17.0 Å². The quantitative estimate of drug-likeness (QED) is 0.635. The minimum absolute atomic E-state index is 0.196. The molecule has 23 heavy (non-hydrogen) atoms. The van der Waals surface area contributed by atoms with Crippen molar-refractivity contribution in [3.63, 3.8) is 0 Å². The minimum atomic E-state index is 0.196. The Labute approximate surface area is 141 Å². The van der Waals surface area contributed by atoms with E-state index in [0.717, 1.165) is 46.8 Å². The number of hydrogen-bond donors (Lipinski definition) is 0. The van der Waals surface area contributed by atoms with Gasteiger partial charge in [-0.3, -0.25) is 0 Å². The molecular weight excluding hydrogens is 332 g/mol. The van der Waals surface area contributed by atoms with Crippen LogP contribution in [0.5, 0.6) is 0 Å². The molecule has 0 saturated carbocycles. The fourth-order valence-electron chi connectivity index (χ4n) is 2.48. The van der Waals surface area contributed by atoms with Crippen LogP contribution in [0, 0.1) is 0 Å². The maximum atomic E-state index is 5.68. The maximum Gasteiger partial charge on any atom is 0.191 e. The average molecular weight is 348 g/mol. The zero-order valence-corrected chi connectivity index (χ0v) is 14.1. The van der Waals surface area contributed by atoms with Crippen molar-refractivity contribution in [2.75, 3.05) is 6.61 Å². The zero-order valence-electron chi connectivity index (χ0n) is 12.4. The lowest BCUT2D eigenvalue weighted by atomic mass is 10.2. The van der Waals surface area contributed by atoms with Crippen LogP contribution in [0.4, 0.5) is 0 Å². The third-order valence-corrected chi connectivity index (χ3v) is 5.61. The molecule has 0 spiro atoms.